The normalized spacial score (nSPS) is 17.1. The van der Waals surface area contributed by atoms with Gasteiger partial charge in [-0.25, -0.2) is 4.98 Å². The highest BCUT2D eigenvalue weighted by atomic mass is 32.2. The summed E-state index contributed by atoms with van der Waals surface area (Å²) in [5, 5.41) is 22.7. The second-order valence-corrected chi connectivity index (χ2v) is 12.8. The van der Waals surface area contributed by atoms with E-state index < -0.39 is 5.92 Å². The van der Waals surface area contributed by atoms with Crippen LogP contribution in [0, 0.1) is 11.3 Å². The number of carbonyl (C=O) groups is 2. The van der Waals surface area contributed by atoms with E-state index in [1.807, 2.05) is 48.5 Å². The fraction of sp³-hybridized carbons (Fsp3) is 0.241. The van der Waals surface area contributed by atoms with Crippen LogP contribution in [0.2, 0.25) is 0 Å². The van der Waals surface area contributed by atoms with E-state index in [4.69, 9.17) is 5.73 Å². The van der Waals surface area contributed by atoms with Gasteiger partial charge < -0.3 is 11.1 Å². The molecule has 3 heterocycles. The molecule has 2 aromatic heterocycles. The van der Waals surface area contributed by atoms with Crippen LogP contribution in [-0.4, -0.2) is 32.6 Å². The van der Waals surface area contributed by atoms with Gasteiger partial charge in [-0.05, 0) is 42.5 Å². The van der Waals surface area contributed by atoms with Gasteiger partial charge in [0.25, 0.3) is 0 Å². The summed E-state index contributed by atoms with van der Waals surface area (Å²) in [6.07, 6.45) is 2.65. The second-order valence-electron chi connectivity index (χ2n) is 9.59. The molecule has 2 aromatic carbocycles. The van der Waals surface area contributed by atoms with Gasteiger partial charge in [-0.3, -0.25) is 14.5 Å². The Morgan fingerprint density at radius 2 is 1.98 bits per heavy atom. The topological polar surface area (TPSA) is 138 Å². The minimum atomic E-state index is -0.516. The summed E-state index contributed by atoms with van der Waals surface area (Å²) < 4.78 is 1.58. The van der Waals surface area contributed by atoms with Crippen molar-refractivity contribution in [3.8, 4) is 6.07 Å². The van der Waals surface area contributed by atoms with Crippen LogP contribution < -0.4 is 16.0 Å². The number of Topliss-reactive ketones (excluding diaryl/α,β-unsaturated/α-hetero) is 1. The molecule has 0 saturated carbocycles. The largest absolute Gasteiger partial charge is 0.384 e. The van der Waals surface area contributed by atoms with Gasteiger partial charge in [0.05, 0.1) is 33.5 Å². The van der Waals surface area contributed by atoms with Gasteiger partial charge in [0.1, 0.15) is 5.82 Å². The number of amides is 1. The monoisotopic (exact) mass is 599 g/mol. The van der Waals surface area contributed by atoms with E-state index in [0.29, 0.717) is 45.0 Å². The number of anilines is 2. The minimum Gasteiger partial charge on any atom is -0.384 e. The molecule has 1 aliphatic heterocycles. The summed E-state index contributed by atoms with van der Waals surface area (Å²) in [7, 11) is 0. The van der Waals surface area contributed by atoms with Gasteiger partial charge in [0.15, 0.2) is 15.3 Å². The summed E-state index contributed by atoms with van der Waals surface area (Å²) in [6.45, 7) is 2.08. The van der Waals surface area contributed by atoms with E-state index in [-0.39, 0.29) is 23.3 Å². The zero-order chi connectivity index (χ0) is 28.5. The number of hydrogen-bond acceptors (Lipinski definition) is 11. The average molecular weight is 600 g/mol. The van der Waals surface area contributed by atoms with Crippen LogP contribution in [0.5, 0.6) is 0 Å². The number of nitriles is 1. The van der Waals surface area contributed by atoms with Crippen LogP contribution in [0.1, 0.15) is 43.2 Å². The number of carbonyl (C=O) groups excluding carboxylic acids is 2. The van der Waals surface area contributed by atoms with Crippen molar-refractivity contribution in [2.45, 2.75) is 42.9 Å². The molecule has 206 valence electrons. The zero-order valence-electron chi connectivity index (χ0n) is 22.1. The number of aryl methyl sites for hydroxylation is 1. The number of thiazole rings is 1. The van der Waals surface area contributed by atoms with Crippen molar-refractivity contribution >= 4 is 66.6 Å². The Morgan fingerprint density at radius 3 is 2.73 bits per heavy atom. The van der Waals surface area contributed by atoms with Gasteiger partial charge in [-0.2, -0.15) is 5.26 Å². The van der Waals surface area contributed by atoms with Crippen molar-refractivity contribution in [3.63, 3.8) is 0 Å². The number of para-hydroxylation sites is 1. The molecule has 4 aromatic rings. The number of nitrogens with zero attached hydrogens (tertiary/aromatic N) is 5. The Hall–Kier alpha value is -4.05. The predicted molar refractivity (Wildman–Crippen MR) is 163 cm³/mol. The predicted octanol–water partition coefficient (Wildman–Crippen LogP) is 5.75. The van der Waals surface area contributed by atoms with E-state index >= 15 is 0 Å². The average Bonchev–Trinajstić information content (AvgIpc) is 3.62. The zero-order valence-corrected chi connectivity index (χ0v) is 24.5. The van der Waals surface area contributed by atoms with Gasteiger partial charge >= 0.3 is 0 Å². The number of nitrogens with one attached hydrogen (secondary N) is 1. The summed E-state index contributed by atoms with van der Waals surface area (Å²) in [4.78, 5) is 32.1. The van der Waals surface area contributed by atoms with E-state index in [0.717, 1.165) is 27.9 Å². The number of ketones is 1. The first kappa shape index (κ1) is 27.1. The number of hydrogen-bond donors (Lipinski definition) is 2. The summed E-state index contributed by atoms with van der Waals surface area (Å²) >= 11 is 3.95. The molecule has 1 unspecified atom stereocenters. The standard InChI is InChI=1S/C29H25N7O2S3/c1-2-16-10-12-17(13-11-16)24-18(14-30)26(31)36(20-7-5-8-21(37)25(20)24)28-34-35-29(41-28)39-15-23(38)33-27-32-19-6-3-4-9-22(19)40-27/h3-4,6,9-13,24H,2,5,7-8,15,31H2,1H3,(H,32,33,38). The third kappa shape index (κ3) is 5.24. The third-order valence-corrected chi connectivity index (χ3v) is 10.1. The number of aromatic nitrogens is 3. The molecule has 0 fully saturated rings. The Labute approximate surface area is 248 Å². The van der Waals surface area contributed by atoms with Gasteiger partial charge in [0, 0.05) is 17.7 Å². The lowest BCUT2D eigenvalue weighted by atomic mass is 9.75. The van der Waals surface area contributed by atoms with E-state index in [1.54, 1.807) is 4.90 Å². The lowest BCUT2D eigenvalue weighted by Crippen LogP contribution is -2.38. The van der Waals surface area contributed by atoms with Gasteiger partial charge in [-0.1, -0.05) is 77.8 Å². The highest BCUT2D eigenvalue weighted by molar-refractivity contribution is 8.01. The Kier molecular flexibility index (Phi) is 7.57. The molecule has 6 rings (SSSR count). The number of rotatable bonds is 7. The van der Waals surface area contributed by atoms with Crippen molar-refractivity contribution < 1.29 is 9.59 Å². The third-order valence-electron chi connectivity index (χ3n) is 7.09. The molecule has 1 amide bonds. The van der Waals surface area contributed by atoms with Crippen molar-refractivity contribution in [2.24, 2.45) is 5.73 Å². The Bertz CT molecular complexity index is 1730. The van der Waals surface area contributed by atoms with Gasteiger partial charge in [-0.15, -0.1) is 10.2 Å². The van der Waals surface area contributed by atoms with E-state index in [9.17, 15) is 14.9 Å². The molecule has 0 radical (unpaired) electrons. The maximum absolute atomic E-state index is 13.3. The number of allylic oxidation sites excluding steroid dienone is 3. The summed E-state index contributed by atoms with van der Waals surface area (Å²) in [6, 6.07) is 18.0. The number of fused-ring (bicyclic) bond motifs is 1. The first-order valence-corrected chi connectivity index (χ1v) is 15.7. The van der Waals surface area contributed by atoms with Crippen molar-refractivity contribution in [1.29, 1.82) is 5.26 Å². The highest BCUT2D eigenvalue weighted by Gasteiger charge is 2.41. The van der Waals surface area contributed by atoms with Crippen LogP contribution in [0.4, 0.5) is 10.3 Å². The second kappa shape index (κ2) is 11.4. The van der Waals surface area contributed by atoms with Gasteiger partial charge in [0.2, 0.25) is 11.0 Å². The molecule has 3 N–H and O–H groups in total. The van der Waals surface area contributed by atoms with Crippen LogP contribution in [-0.2, 0) is 16.0 Å². The molecule has 41 heavy (non-hydrogen) atoms. The molecular formula is C29H25N7O2S3. The molecule has 0 spiro atoms. The fourth-order valence-electron chi connectivity index (χ4n) is 5.14. The number of benzene rings is 2. The maximum Gasteiger partial charge on any atom is 0.236 e. The van der Waals surface area contributed by atoms with Crippen molar-refractivity contribution in [3.05, 3.63) is 82.3 Å². The minimum absolute atomic E-state index is 0.0201. The summed E-state index contributed by atoms with van der Waals surface area (Å²) in [5.41, 5.74) is 11.2. The van der Waals surface area contributed by atoms with Crippen molar-refractivity contribution in [2.75, 3.05) is 16.0 Å². The smallest absolute Gasteiger partial charge is 0.236 e. The molecule has 9 nitrogen and oxygen atoms in total. The van der Waals surface area contributed by atoms with E-state index in [2.05, 4.69) is 33.5 Å². The molecule has 1 atom stereocenters. The highest BCUT2D eigenvalue weighted by Crippen LogP contribution is 2.47. The van der Waals surface area contributed by atoms with Crippen LogP contribution in [0.15, 0.2) is 75.5 Å². The van der Waals surface area contributed by atoms with E-state index in [1.165, 1.54) is 40.0 Å². The molecule has 0 saturated heterocycles. The summed E-state index contributed by atoms with van der Waals surface area (Å²) in [5.74, 6) is -0.312. The molecule has 0 bridgehead atoms. The number of thioether (sulfide) groups is 1. The van der Waals surface area contributed by atoms with Crippen molar-refractivity contribution in [1.82, 2.24) is 15.2 Å². The molecule has 2 aliphatic rings. The molecule has 1 aliphatic carbocycles. The number of nitrogens with two attached hydrogens (primary N) is 1. The Balaban J connectivity index is 1.24. The fourth-order valence-corrected chi connectivity index (χ4v) is 7.71. The lowest BCUT2D eigenvalue weighted by Gasteiger charge is -2.38. The Morgan fingerprint density at radius 1 is 1.17 bits per heavy atom. The SMILES string of the molecule is CCc1ccc(C2C(C#N)=C(N)N(c3nnc(SCC(=O)Nc4nc5ccccc5s4)s3)C3=C2C(=O)CCC3)cc1. The molecule has 12 heteroatoms. The lowest BCUT2D eigenvalue weighted by molar-refractivity contribution is -0.116. The first-order chi connectivity index (χ1) is 20.0. The van der Waals surface area contributed by atoms with Crippen LogP contribution in [0.3, 0.4) is 0 Å². The molecular weight excluding hydrogens is 575 g/mol. The van der Waals surface area contributed by atoms with Crippen LogP contribution >= 0.6 is 34.4 Å². The quantitative estimate of drug-likeness (QED) is 0.254. The van der Waals surface area contributed by atoms with Crippen LogP contribution in [0.25, 0.3) is 10.2 Å². The maximum atomic E-state index is 13.3. The first-order valence-electron chi connectivity index (χ1n) is 13.1.